The van der Waals surface area contributed by atoms with Gasteiger partial charge in [0.2, 0.25) is 0 Å². The summed E-state index contributed by atoms with van der Waals surface area (Å²) < 4.78 is 10.7. The molecule has 0 saturated heterocycles. The van der Waals surface area contributed by atoms with E-state index in [1.54, 1.807) is 14.2 Å². The maximum atomic E-state index is 6.09. The molecule has 20 heavy (non-hydrogen) atoms. The standard InChI is InChI=1S/C16H16BrClO2/c1-10-8-11(4-6-14(10)19-2)16(17)13-9-12(18)5-7-15(13)20-3/h4-9,16H,1-3H3. The Kier molecular flexibility index (Phi) is 4.95. The van der Waals surface area contributed by atoms with Crippen molar-refractivity contribution in [2.24, 2.45) is 0 Å². The van der Waals surface area contributed by atoms with Crippen LogP contribution >= 0.6 is 27.5 Å². The number of hydrogen-bond donors (Lipinski definition) is 0. The lowest BCUT2D eigenvalue weighted by Crippen LogP contribution is -1.98. The van der Waals surface area contributed by atoms with E-state index < -0.39 is 0 Å². The predicted molar refractivity (Wildman–Crippen MR) is 86.5 cm³/mol. The molecule has 0 amide bonds. The molecule has 2 rings (SSSR count). The lowest BCUT2D eigenvalue weighted by molar-refractivity contribution is 0.410. The molecule has 1 atom stereocenters. The molecule has 0 spiro atoms. The number of hydrogen-bond acceptors (Lipinski definition) is 2. The van der Waals surface area contributed by atoms with Gasteiger partial charge in [-0.05, 0) is 42.3 Å². The third-order valence-corrected chi connectivity index (χ3v) is 4.43. The first-order valence-corrected chi connectivity index (χ1v) is 7.48. The molecule has 4 heteroatoms. The van der Waals surface area contributed by atoms with Crippen LogP contribution in [0, 0.1) is 6.92 Å². The van der Waals surface area contributed by atoms with Crippen molar-refractivity contribution >= 4 is 27.5 Å². The summed E-state index contributed by atoms with van der Waals surface area (Å²) >= 11 is 9.81. The average molecular weight is 356 g/mol. The van der Waals surface area contributed by atoms with Gasteiger partial charge in [0, 0.05) is 10.6 Å². The van der Waals surface area contributed by atoms with E-state index in [4.69, 9.17) is 21.1 Å². The van der Waals surface area contributed by atoms with E-state index in [0.717, 1.165) is 28.2 Å². The lowest BCUT2D eigenvalue weighted by atomic mass is 10.0. The highest BCUT2D eigenvalue weighted by molar-refractivity contribution is 9.09. The van der Waals surface area contributed by atoms with Crippen LogP contribution in [-0.2, 0) is 0 Å². The molecule has 0 saturated carbocycles. The molecule has 0 aliphatic heterocycles. The van der Waals surface area contributed by atoms with Crippen LogP contribution in [0.3, 0.4) is 0 Å². The monoisotopic (exact) mass is 354 g/mol. The molecule has 2 aromatic carbocycles. The van der Waals surface area contributed by atoms with Crippen molar-refractivity contribution in [3.8, 4) is 11.5 Å². The van der Waals surface area contributed by atoms with Gasteiger partial charge < -0.3 is 9.47 Å². The first kappa shape index (κ1) is 15.2. The topological polar surface area (TPSA) is 18.5 Å². The van der Waals surface area contributed by atoms with Crippen LogP contribution in [0.25, 0.3) is 0 Å². The van der Waals surface area contributed by atoms with E-state index in [9.17, 15) is 0 Å². The minimum absolute atomic E-state index is 0.0146. The van der Waals surface area contributed by atoms with Gasteiger partial charge in [0.1, 0.15) is 11.5 Å². The van der Waals surface area contributed by atoms with Gasteiger partial charge in [-0.15, -0.1) is 0 Å². The van der Waals surface area contributed by atoms with Crippen LogP contribution in [0.5, 0.6) is 11.5 Å². The minimum atomic E-state index is 0.0146. The van der Waals surface area contributed by atoms with Gasteiger partial charge >= 0.3 is 0 Å². The molecule has 0 bridgehead atoms. The van der Waals surface area contributed by atoms with Crippen molar-refractivity contribution in [3.63, 3.8) is 0 Å². The number of methoxy groups -OCH3 is 2. The summed E-state index contributed by atoms with van der Waals surface area (Å²) in [7, 11) is 3.33. The number of benzene rings is 2. The summed E-state index contributed by atoms with van der Waals surface area (Å²) in [5, 5.41) is 0.690. The van der Waals surface area contributed by atoms with Crippen LogP contribution in [0.15, 0.2) is 36.4 Å². The summed E-state index contributed by atoms with van der Waals surface area (Å²) in [6.07, 6.45) is 0. The van der Waals surface area contributed by atoms with Crippen molar-refractivity contribution < 1.29 is 9.47 Å². The first-order valence-electron chi connectivity index (χ1n) is 6.19. The fourth-order valence-electron chi connectivity index (χ4n) is 2.14. The van der Waals surface area contributed by atoms with Gasteiger partial charge in [-0.25, -0.2) is 0 Å². The Hall–Kier alpha value is -1.19. The molecule has 0 aliphatic rings. The molecular weight excluding hydrogens is 340 g/mol. The van der Waals surface area contributed by atoms with Crippen molar-refractivity contribution in [3.05, 3.63) is 58.1 Å². The maximum absolute atomic E-state index is 6.09. The number of rotatable bonds is 4. The Bertz CT molecular complexity index is 613. The summed E-state index contributed by atoms with van der Waals surface area (Å²) in [6.45, 7) is 2.03. The Morgan fingerprint density at radius 3 is 2.25 bits per heavy atom. The molecule has 106 valence electrons. The minimum Gasteiger partial charge on any atom is -0.496 e. The van der Waals surface area contributed by atoms with Crippen LogP contribution in [0.4, 0.5) is 0 Å². The average Bonchev–Trinajstić information content (AvgIpc) is 2.46. The smallest absolute Gasteiger partial charge is 0.123 e. The zero-order chi connectivity index (χ0) is 14.7. The van der Waals surface area contributed by atoms with Gasteiger partial charge in [0.05, 0.1) is 19.0 Å². The van der Waals surface area contributed by atoms with Crippen LogP contribution < -0.4 is 9.47 Å². The highest BCUT2D eigenvalue weighted by Crippen LogP contribution is 2.39. The van der Waals surface area contributed by atoms with Gasteiger partial charge in [0.15, 0.2) is 0 Å². The molecule has 2 nitrogen and oxygen atoms in total. The Balaban J connectivity index is 2.43. The van der Waals surface area contributed by atoms with Gasteiger partial charge in [0.25, 0.3) is 0 Å². The molecule has 0 radical (unpaired) electrons. The SMILES string of the molecule is COc1ccc(C(Br)c2cc(Cl)ccc2OC)cc1C. The van der Waals surface area contributed by atoms with Crippen LogP contribution in [0.2, 0.25) is 5.02 Å². The number of ether oxygens (including phenoxy) is 2. The fourth-order valence-corrected chi connectivity index (χ4v) is 2.97. The molecule has 0 aliphatic carbocycles. The van der Waals surface area contributed by atoms with Crippen molar-refractivity contribution in [2.45, 2.75) is 11.8 Å². The maximum Gasteiger partial charge on any atom is 0.123 e. The van der Waals surface area contributed by atoms with E-state index in [2.05, 4.69) is 22.0 Å². The quantitative estimate of drug-likeness (QED) is 0.706. The molecule has 2 aromatic rings. The molecule has 0 heterocycles. The van der Waals surface area contributed by atoms with E-state index in [0.29, 0.717) is 5.02 Å². The second-order valence-electron chi connectivity index (χ2n) is 4.48. The molecule has 1 unspecified atom stereocenters. The van der Waals surface area contributed by atoms with E-state index in [1.165, 1.54) is 0 Å². The third-order valence-electron chi connectivity index (χ3n) is 3.18. The summed E-state index contributed by atoms with van der Waals surface area (Å²) in [6, 6.07) is 11.7. The Morgan fingerprint density at radius 1 is 1.00 bits per heavy atom. The van der Waals surface area contributed by atoms with Crippen LogP contribution in [-0.4, -0.2) is 14.2 Å². The summed E-state index contributed by atoms with van der Waals surface area (Å²) in [5.74, 6) is 1.69. The number of halogens is 2. The normalized spacial score (nSPS) is 12.1. The molecule has 0 fully saturated rings. The van der Waals surface area contributed by atoms with E-state index in [1.807, 2.05) is 37.3 Å². The molecule has 0 N–H and O–H groups in total. The highest BCUT2D eigenvalue weighted by atomic mass is 79.9. The van der Waals surface area contributed by atoms with Gasteiger partial charge in [-0.2, -0.15) is 0 Å². The zero-order valence-electron chi connectivity index (χ0n) is 11.6. The lowest BCUT2D eigenvalue weighted by Gasteiger charge is -2.16. The molecule has 0 aromatic heterocycles. The van der Waals surface area contributed by atoms with Crippen LogP contribution in [0.1, 0.15) is 21.5 Å². The second kappa shape index (κ2) is 6.51. The van der Waals surface area contributed by atoms with Gasteiger partial charge in [-0.1, -0.05) is 39.7 Å². The highest BCUT2D eigenvalue weighted by Gasteiger charge is 2.16. The van der Waals surface area contributed by atoms with Crippen molar-refractivity contribution in [1.82, 2.24) is 0 Å². The number of aryl methyl sites for hydroxylation is 1. The Labute approximate surface area is 132 Å². The largest absolute Gasteiger partial charge is 0.496 e. The first-order chi connectivity index (χ1) is 9.56. The van der Waals surface area contributed by atoms with Crippen molar-refractivity contribution in [2.75, 3.05) is 14.2 Å². The van der Waals surface area contributed by atoms with Gasteiger partial charge in [-0.3, -0.25) is 0 Å². The predicted octanol–water partition coefficient (Wildman–Crippen LogP) is 5.15. The second-order valence-corrected chi connectivity index (χ2v) is 5.83. The summed E-state index contributed by atoms with van der Waals surface area (Å²) in [5.41, 5.74) is 3.23. The van der Waals surface area contributed by atoms with Crippen molar-refractivity contribution in [1.29, 1.82) is 0 Å². The fraction of sp³-hybridized carbons (Fsp3) is 0.250. The zero-order valence-corrected chi connectivity index (χ0v) is 14.0. The third kappa shape index (κ3) is 3.10. The van der Waals surface area contributed by atoms with E-state index >= 15 is 0 Å². The molecular formula is C16H16BrClO2. The number of alkyl halides is 1. The Morgan fingerprint density at radius 2 is 1.65 bits per heavy atom. The van der Waals surface area contributed by atoms with E-state index in [-0.39, 0.29) is 4.83 Å². The summed E-state index contributed by atoms with van der Waals surface area (Å²) in [4.78, 5) is 0.0146.